The van der Waals surface area contributed by atoms with Crippen molar-refractivity contribution in [2.24, 2.45) is 5.92 Å². The van der Waals surface area contributed by atoms with Gasteiger partial charge in [-0.2, -0.15) is 0 Å². The molecule has 0 aliphatic heterocycles. The average Bonchev–Trinajstić information content (AvgIpc) is 3.15. The SMILES string of the molecule is CCC1CC1NS(=O)(=O)c1ccc(NC)cc1[N+](=O)[O-]. The van der Waals surface area contributed by atoms with Crippen LogP contribution >= 0.6 is 0 Å². The van der Waals surface area contributed by atoms with Gasteiger partial charge in [-0.25, -0.2) is 13.1 Å². The molecule has 20 heavy (non-hydrogen) atoms. The van der Waals surface area contributed by atoms with Crippen LogP contribution in [0.4, 0.5) is 11.4 Å². The quantitative estimate of drug-likeness (QED) is 0.615. The van der Waals surface area contributed by atoms with Crippen molar-refractivity contribution in [3.05, 3.63) is 28.3 Å². The minimum atomic E-state index is -3.86. The van der Waals surface area contributed by atoms with E-state index in [4.69, 9.17) is 0 Å². The van der Waals surface area contributed by atoms with Gasteiger partial charge < -0.3 is 5.32 Å². The number of anilines is 1. The fourth-order valence-corrected chi connectivity index (χ4v) is 3.62. The van der Waals surface area contributed by atoms with Crippen LogP contribution in [-0.2, 0) is 10.0 Å². The second kappa shape index (κ2) is 5.37. The molecule has 1 aliphatic rings. The zero-order chi connectivity index (χ0) is 14.9. The molecule has 0 radical (unpaired) electrons. The van der Waals surface area contributed by atoms with Crippen molar-refractivity contribution in [2.75, 3.05) is 12.4 Å². The van der Waals surface area contributed by atoms with Crippen molar-refractivity contribution in [1.82, 2.24) is 4.72 Å². The lowest BCUT2D eigenvalue weighted by Gasteiger charge is -2.08. The van der Waals surface area contributed by atoms with Gasteiger partial charge in [0.1, 0.15) is 0 Å². The van der Waals surface area contributed by atoms with Crippen LogP contribution in [0.5, 0.6) is 0 Å². The molecule has 110 valence electrons. The van der Waals surface area contributed by atoms with E-state index >= 15 is 0 Å². The summed E-state index contributed by atoms with van der Waals surface area (Å²) < 4.78 is 27.0. The lowest BCUT2D eigenvalue weighted by atomic mass is 10.3. The Morgan fingerprint density at radius 1 is 1.45 bits per heavy atom. The Kier molecular flexibility index (Phi) is 3.96. The standard InChI is InChI=1S/C12H17N3O4S/c1-3-8-6-10(8)14-20(18,19)12-5-4-9(13-2)7-11(12)15(16)17/h4-5,7-8,10,13-14H,3,6H2,1-2H3. The summed E-state index contributed by atoms with van der Waals surface area (Å²) in [6, 6.07) is 3.88. The zero-order valence-electron chi connectivity index (χ0n) is 11.3. The van der Waals surface area contributed by atoms with Crippen molar-refractivity contribution < 1.29 is 13.3 Å². The van der Waals surface area contributed by atoms with E-state index in [1.165, 1.54) is 18.2 Å². The average molecular weight is 299 g/mol. The summed E-state index contributed by atoms with van der Waals surface area (Å²) in [6.45, 7) is 1.99. The van der Waals surface area contributed by atoms with Crippen LogP contribution < -0.4 is 10.0 Å². The molecule has 2 atom stereocenters. The van der Waals surface area contributed by atoms with E-state index in [1.54, 1.807) is 7.05 Å². The normalized spacial score (nSPS) is 21.5. The van der Waals surface area contributed by atoms with Gasteiger partial charge in [-0.15, -0.1) is 0 Å². The van der Waals surface area contributed by atoms with Crippen LogP contribution in [0.2, 0.25) is 0 Å². The van der Waals surface area contributed by atoms with E-state index in [1.807, 2.05) is 6.92 Å². The zero-order valence-corrected chi connectivity index (χ0v) is 12.1. The molecule has 0 aromatic heterocycles. The molecular weight excluding hydrogens is 282 g/mol. The van der Waals surface area contributed by atoms with Crippen LogP contribution in [0.15, 0.2) is 23.1 Å². The molecule has 1 aromatic carbocycles. The highest BCUT2D eigenvalue weighted by Crippen LogP contribution is 2.35. The molecule has 0 heterocycles. The largest absolute Gasteiger partial charge is 0.388 e. The maximum atomic E-state index is 12.2. The van der Waals surface area contributed by atoms with E-state index in [0.29, 0.717) is 11.6 Å². The summed E-state index contributed by atoms with van der Waals surface area (Å²) in [6.07, 6.45) is 1.69. The van der Waals surface area contributed by atoms with Crippen LogP contribution in [0.25, 0.3) is 0 Å². The second-order valence-electron chi connectivity index (χ2n) is 4.82. The van der Waals surface area contributed by atoms with E-state index in [2.05, 4.69) is 10.0 Å². The first-order valence-corrected chi connectivity index (χ1v) is 7.86. The van der Waals surface area contributed by atoms with Gasteiger partial charge in [-0.3, -0.25) is 10.1 Å². The lowest BCUT2D eigenvalue weighted by Crippen LogP contribution is -2.27. The Morgan fingerprint density at radius 2 is 2.15 bits per heavy atom. The smallest absolute Gasteiger partial charge is 0.291 e. The van der Waals surface area contributed by atoms with Crippen molar-refractivity contribution in [2.45, 2.75) is 30.7 Å². The van der Waals surface area contributed by atoms with Crippen LogP contribution in [0.1, 0.15) is 19.8 Å². The Labute approximate surface area is 117 Å². The Bertz CT molecular complexity index is 630. The van der Waals surface area contributed by atoms with Crippen molar-refractivity contribution in [1.29, 1.82) is 0 Å². The second-order valence-corrected chi connectivity index (χ2v) is 6.50. The van der Waals surface area contributed by atoms with Gasteiger partial charge in [0.25, 0.3) is 5.69 Å². The first-order valence-electron chi connectivity index (χ1n) is 6.37. The molecule has 0 spiro atoms. The molecule has 1 fully saturated rings. The van der Waals surface area contributed by atoms with Gasteiger partial charge in [0.2, 0.25) is 10.0 Å². The number of hydrogen-bond donors (Lipinski definition) is 2. The predicted octanol–water partition coefficient (Wildman–Crippen LogP) is 1.71. The number of nitro benzene ring substituents is 1. The lowest BCUT2D eigenvalue weighted by molar-refractivity contribution is -0.387. The molecule has 2 rings (SSSR count). The number of nitro groups is 1. The first-order chi connectivity index (χ1) is 9.39. The molecule has 1 saturated carbocycles. The van der Waals surface area contributed by atoms with Crippen molar-refractivity contribution >= 4 is 21.4 Å². The number of benzene rings is 1. The van der Waals surface area contributed by atoms with Crippen LogP contribution in [0.3, 0.4) is 0 Å². The molecule has 8 heteroatoms. The highest BCUT2D eigenvalue weighted by Gasteiger charge is 2.40. The van der Waals surface area contributed by atoms with Gasteiger partial charge in [0.05, 0.1) is 4.92 Å². The summed E-state index contributed by atoms with van der Waals surface area (Å²) in [5.41, 5.74) is 0.0755. The van der Waals surface area contributed by atoms with Gasteiger partial charge >= 0.3 is 0 Å². The van der Waals surface area contributed by atoms with E-state index < -0.39 is 20.6 Å². The molecule has 2 unspecified atom stereocenters. The Morgan fingerprint density at radius 3 is 2.65 bits per heavy atom. The van der Waals surface area contributed by atoms with E-state index in [-0.39, 0.29) is 10.9 Å². The first kappa shape index (κ1) is 14.7. The van der Waals surface area contributed by atoms with Gasteiger partial charge in [0.15, 0.2) is 4.90 Å². The van der Waals surface area contributed by atoms with Gasteiger partial charge in [-0.1, -0.05) is 13.3 Å². The Hall–Kier alpha value is -1.67. The third-order valence-electron chi connectivity index (χ3n) is 3.49. The summed E-state index contributed by atoms with van der Waals surface area (Å²) in [5.74, 6) is 0.334. The summed E-state index contributed by atoms with van der Waals surface area (Å²) in [7, 11) is -2.25. The molecule has 0 bridgehead atoms. The minimum absolute atomic E-state index is 0.103. The molecular formula is C12H17N3O4S. The van der Waals surface area contributed by atoms with Crippen LogP contribution in [-0.4, -0.2) is 26.4 Å². The van der Waals surface area contributed by atoms with Gasteiger partial charge in [-0.05, 0) is 24.5 Å². The summed E-state index contributed by atoms with van der Waals surface area (Å²) in [5, 5.41) is 13.8. The fraction of sp³-hybridized carbons (Fsp3) is 0.500. The highest BCUT2D eigenvalue weighted by molar-refractivity contribution is 7.89. The third kappa shape index (κ3) is 2.91. The highest BCUT2D eigenvalue weighted by atomic mass is 32.2. The monoisotopic (exact) mass is 299 g/mol. The number of sulfonamides is 1. The predicted molar refractivity (Wildman–Crippen MR) is 75.2 cm³/mol. The minimum Gasteiger partial charge on any atom is -0.388 e. The van der Waals surface area contributed by atoms with Gasteiger partial charge in [0, 0.05) is 24.8 Å². The molecule has 0 saturated heterocycles. The van der Waals surface area contributed by atoms with Crippen molar-refractivity contribution in [3.8, 4) is 0 Å². The number of hydrogen-bond acceptors (Lipinski definition) is 5. The van der Waals surface area contributed by atoms with Crippen LogP contribution in [0, 0.1) is 16.0 Å². The summed E-state index contributed by atoms with van der Waals surface area (Å²) >= 11 is 0. The Balaban J connectivity index is 2.33. The van der Waals surface area contributed by atoms with Crippen molar-refractivity contribution in [3.63, 3.8) is 0 Å². The maximum absolute atomic E-state index is 12.2. The number of nitrogens with one attached hydrogen (secondary N) is 2. The topological polar surface area (TPSA) is 101 Å². The number of rotatable bonds is 6. The molecule has 7 nitrogen and oxygen atoms in total. The third-order valence-corrected chi connectivity index (χ3v) is 5.02. The molecule has 2 N–H and O–H groups in total. The molecule has 1 aromatic rings. The maximum Gasteiger partial charge on any atom is 0.291 e. The number of nitrogens with zero attached hydrogens (tertiary/aromatic N) is 1. The molecule has 0 amide bonds. The molecule has 1 aliphatic carbocycles. The fourth-order valence-electron chi connectivity index (χ4n) is 2.15. The summed E-state index contributed by atoms with van der Waals surface area (Å²) in [4.78, 5) is 10.1. The van der Waals surface area contributed by atoms with E-state index in [0.717, 1.165) is 12.8 Å². The van der Waals surface area contributed by atoms with E-state index in [9.17, 15) is 18.5 Å².